The smallest absolute Gasteiger partial charge is 0.270 e. The molecule has 1 fully saturated rings. The predicted molar refractivity (Wildman–Crippen MR) is 126 cm³/mol. The van der Waals surface area contributed by atoms with Crippen LogP contribution in [0.2, 0.25) is 0 Å². The van der Waals surface area contributed by atoms with Gasteiger partial charge >= 0.3 is 0 Å². The molecule has 1 atom stereocenters. The van der Waals surface area contributed by atoms with Gasteiger partial charge in [-0.3, -0.25) is 24.6 Å². The van der Waals surface area contributed by atoms with Gasteiger partial charge in [-0.15, -0.1) is 11.8 Å². The maximum Gasteiger partial charge on any atom is 0.270 e. The van der Waals surface area contributed by atoms with E-state index in [-0.39, 0.29) is 22.5 Å². The zero-order valence-electron chi connectivity index (χ0n) is 17.4. The molecule has 2 amide bonds. The van der Waals surface area contributed by atoms with Crippen LogP contribution in [-0.4, -0.2) is 22.5 Å². The molecule has 8 heteroatoms. The molecule has 1 heterocycles. The molecule has 3 aromatic carbocycles. The van der Waals surface area contributed by atoms with Crippen molar-refractivity contribution in [3.63, 3.8) is 0 Å². The van der Waals surface area contributed by atoms with Crippen LogP contribution < -0.4 is 10.2 Å². The number of hydrogen-bond donors (Lipinski definition) is 1. The third kappa shape index (κ3) is 4.50. The highest BCUT2D eigenvalue weighted by molar-refractivity contribution is 8.00. The molecule has 0 aliphatic carbocycles. The lowest BCUT2D eigenvalue weighted by molar-refractivity contribution is -0.384. The predicted octanol–water partition coefficient (Wildman–Crippen LogP) is 5.19. The summed E-state index contributed by atoms with van der Waals surface area (Å²) in [5.74, 6) is -0.0153. The maximum atomic E-state index is 12.7. The Bertz CT molecular complexity index is 1200. The molecule has 1 N–H and O–H groups in total. The molecule has 7 nitrogen and oxygen atoms in total. The molecule has 0 radical (unpaired) electrons. The number of nitrogens with one attached hydrogen (secondary N) is 1. The summed E-state index contributed by atoms with van der Waals surface area (Å²) >= 11 is 1.54. The summed E-state index contributed by atoms with van der Waals surface area (Å²) in [5.41, 5.74) is 3.52. The number of benzene rings is 3. The highest BCUT2D eigenvalue weighted by Crippen LogP contribution is 2.42. The average Bonchev–Trinajstić information content (AvgIpc) is 3.20. The summed E-state index contributed by atoms with van der Waals surface area (Å²) in [6, 6.07) is 20.9. The fraction of sp³-hybridized carbons (Fsp3) is 0.167. The van der Waals surface area contributed by atoms with E-state index in [0.717, 1.165) is 23.2 Å². The minimum absolute atomic E-state index is 0.0410. The number of nitro benzene ring substituents is 1. The third-order valence-corrected chi connectivity index (χ3v) is 6.43. The Hall–Kier alpha value is -3.65. The fourth-order valence-corrected chi connectivity index (χ4v) is 4.78. The maximum absolute atomic E-state index is 12.7. The summed E-state index contributed by atoms with van der Waals surface area (Å²) < 4.78 is 0. The molecular weight excluding hydrogens is 426 g/mol. The van der Waals surface area contributed by atoms with E-state index in [4.69, 9.17) is 0 Å². The second-order valence-electron chi connectivity index (χ2n) is 7.34. The van der Waals surface area contributed by atoms with Crippen molar-refractivity contribution in [3.8, 4) is 0 Å². The van der Waals surface area contributed by atoms with E-state index < -0.39 is 10.8 Å². The number of thioether (sulfide) groups is 1. The number of nitrogens with zero attached hydrogens (tertiary/aromatic N) is 2. The van der Waals surface area contributed by atoms with E-state index in [1.54, 1.807) is 11.0 Å². The van der Waals surface area contributed by atoms with Gasteiger partial charge in [-0.1, -0.05) is 37.3 Å². The first-order valence-corrected chi connectivity index (χ1v) is 11.2. The molecule has 1 aliphatic heterocycles. The number of hydrogen-bond acceptors (Lipinski definition) is 5. The van der Waals surface area contributed by atoms with Crippen LogP contribution in [0.25, 0.3) is 0 Å². The lowest BCUT2D eigenvalue weighted by Gasteiger charge is -2.25. The van der Waals surface area contributed by atoms with Crippen molar-refractivity contribution in [2.24, 2.45) is 0 Å². The van der Waals surface area contributed by atoms with E-state index in [1.807, 2.05) is 42.5 Å². The number of carbonyl (C=O) groups is 2. The molecule has 0 unspecified atom stereocenters. The largest absolute Gasteiger partial charge is 0.322 e. The number of nitro groups is 1. The monoisotopic (exact) mass is 447 g/mol. The van der Waals surface area contributed by atoms with Crippen LogP contribution in [0.1, 0.15) is 33.8 Å². The summed E-state index contributed by atoms with van der Waals surface area (Å²) in [6.07, 6.45) is 0.882. The zero-order chi connectivity index (χ0) is 22.7. The van der Waals surface area contributed by atoms with E-state index in [9.17, 15) is 19.7 Å². The fourth-order valence-electron chi connectivity index (χ4n) is 3.61. The average molecular weight is 448 g/mol. The lowest BCUT2D eigenvalue weighted by Crippen LogP contribution is -2.28. The van der Waals surface area contributed by atoms with Crippen molar-refractivity contribution in [1.29, 1.82) is 0 Å². The molecular formula is C24H21N3O4S. The van der Waals surface area contributed by atoms with Gasteiger partial charge in [-0.05, 0) is 47.9 Å². The molecule has 0 aromatic heterocycles. The van der Waals surface area contributed by atoms with Gasteiger partial charge in [-0.2, -0.15) is 0 Å². The highest BCUT2D eigenvalue weighted by atomic mass is 32.2. The van der Waals surface area contributed by atoms with Gasteiger partial charge in [0, 0.05) is 29.1 Å². The molecule has 162 valence electrons. The Morgan fingerprint density at radius 2 is 1.91 bits per heavy atom. The van der Waals surface area contributed by atoms with Gasteiger partial charge in [-0.25, -0.2) is 0 Å². The number of anilines is 2. The van der Waals surface area contributed by atoms with Gasteiger partial charge in [0.15, 0.2) is 0 Å². The number of rotatable bonds is 6. The number of carbonyl (C=O) groups excluding carboxylic acids is 2. The van der Waals surface area contributed by atoms with Crippen molar-refractivity contribution in [3.05, 3.63) is 99.6 Å². The third-order valence-electron chi connectivity index (χ3n) is 5.21. The van der Waals surface area contributed by atoms with E-state index in [2.05, 4.69) is 12.2 Å². The second-order valence-corrected chi connectivity index (χ2v) is 8.41. The van der Waals surface area contributed by atoms with Crippen LogP contribution in [0.15, 0.2) is 72.8 Å². The minimum atomic E-state index is -0.534. The zero-order valence-corrected chi connectivity index (χ0v) is 18.2. The Labute approximate surface area is 189 Å². The van der Waals surface area contributed by atoms with Crippen LogP contribution in [0.4, 0.5) is 17.1 Å². The first-order chi connectivity index (χ1) is 15.5. The molecule has 0 saturated carbocycles. The van der Waals surface area contributed by atoms with E-state index in [1.165, 1.54) is 36.0 Å². The Morgan fingerprint density at radius 3 is 2.69 bits per heavy atom. The number of non-ortho nitro benzene ring substituents is 1. The van der Waals surface area contributed by atoms with Crippen LogP contribution in [0.3, 0.4) is 0 Å². The van der Waals surface area contributed by atoms with Crippen molar-refractivity contribution >= 4 is 40.6 Å². The molecule has 0 spiro atoms. The summed E-state index contributed by atoms with van der Waals surface area (Å²) in [5, 5.41) is 13.6. The van der Waals surface area contributed by atoms with E-state index >= 15 is 0 Å². The number of amides is 2. The SMILES string of the molecule is CCc1cccc(N2C(=O)CS[C@H]2c2cccc(NC(=O)c3cccc([N+](=O)[O-])c3)c2)c1. The van der Waals surface area contributed by atoms with Crippen molar-refractivity contribution < 1.29 is 14.5 Å². The highest BCUT2D eigenvalue weighted by Gasteiger charge is 2.34. The topological polar surface area (TPSA) is 92.6 Å². The number of aryl methyl sites for hydroxylation is 1. The molecule has 1 aliphatic rings. The van der Waals surface area contributed by atoms with E-state index in [0.29, 0.717) is 11.4 Å². The molecule has 32 heavy (non-hydrogen) atoms. The van der Waals surface area contributed by atoms with Gasteiger partial charge in [0.05, 0.1) is 10.7 Å². The van der Waals surface area contributed by atoms with Crippen molar-refractivity contribution in [2.75, 3.05) is 16.0 Å². The Balaban J connectivity index is 1.58. The Morgan fingerprint density at radius 1 is 1.12 bits per heavy atom. The summed E-state index contributed by atoms with van der Waals surface area (Å²) in [4.78, 5) is 37.5. The molecule has 3 aromatic rings. The quantitative estimate of drug-likeness (QED) is 0.415. The first kappa shape index (κ1) is 21.6. The summed E-state index contributed by atoms with van der Waals surface area (Å²) in [6.45, 7) is 2.07. The Kier molecular flexibility index (Phi) is 6.23. The second kappa shape index (κ2) is 9.23. The first-order valence-electron chi connectivity index (χ1n) is 10.1. The van der Waals surface area contributed by atoms with Crippen molar-refractivity contribution in [1.82, 2.24) is 0 Å². The van der Waals surface area contributed by atoms with Crippen LogP contribution in [-0.2, 0) is 11.2 Å². The van der Waals surface area contributed by atoms with Crippen LogP contribution >= 0.6 is 11.8 Å². The van der Waals surface area contributed by atoms with Gasteiger partial charge in [0.1, 0.15) is 5.37 Å². The molecule has 1 saturated heterocycles. The minimum Gasteiger partial charge on any atom is -0.322 e. The normalized spacial score (nSPS) is 15.6. The molecule has 0 bridgehead atoms. The lowest BCUT2D eigenvalue weighted by atomic mass is 10.1. The van der Waals surface area contributed by atoms with Crippen molar-refractivity contribution in [2.45, 2.75) is 18.7 Å². The van der Waals surface area contributed by atoms with Gasteiger partial charge in [0.25, 0.3) is 11.6 Å². The van der Waals surface area contributed by atoms with Gasteiger partial charge in [0.2, 0.25) is 5.91 Å². The van der Waals surface area contributed by atoms with Crippen LogP contribution in [0.5, 0.6) is 0 Å². The van der Waals surface area contributed by atoms with Crippen LogP contribution in [0, 0.1) is 10.1 Å². The summed E-state index contributed by atoms with van der Waals surface area (Å²) in [7, 11) is 0. The molecule has 4 rings (SSSR count). The standard InChI is InChI=1S/C24H21N3O4S/c1-2-16-6-3-10-20(12-16)26-22(28)15-32-24(26)18-8-4-9-19(13-18)25-23(29)17-7-5-11-21(14-17)27(30)31/h3-14,24H,2,15H2,1H3,(H,25,29)/t24-/m0/s1. The van der Waals surface area contributed by atoms with Gasteiger partial charge < -0.3 is 5.32 Å².